The summed E-state index contributed by atoms with van der Waals surface area (Å²) in [5, 5.41) is 3.51. The number of aryl methyl sites for hydroxylation is 1. The maximum Gasteiger partial charge on any atom is 0.231 e. The Labute approximate surface area is 150 Å². The maximum absolute atomic E-state index is 5.49. The van der Waals surface area contributed by atoms with Crippen molar-refractivity contribution in [2.45, 2.75) is 6.92 Å². The summed E-state index contributed by atoms with van der Waals surface area (Å²) >= 11 is 0. The fraction of sp³-hybridized carbons (Fsp3) is 0.0952. The highest BCUT2D eigenvalue weighted by Crippen LogP contribution is 2.37. The van der Waals surface area contributed by atoms with Gasteiger partial charge in [-0.05, 0) is 36.8 Å². The van der Waals surface area contributed by atoms with Gasteiger partial charge >= 0.3 is 0 Å². The number of ether oxygens (including phenoxy) is 2. The van der Waals surface area contributed by atoms with Gasteiger partial charge in [0.15, 0.2) is 11.5 Å². The molecule has 0 bridgehead atoms. The molecular weight excluding hydrogens is 326 g/mol. The number of fused-ring (bicyclic) bond motifs is 2. The van der Waals surface area contributed by atoms with Gasteiger partial charge in [0.25, 0.3) is 0 Å². The highest BCUT2D eigenvalue weighted by Gasteiger charge is 2.17. The van der Waals surface area contributed by atoms with Gasteiger partial charge in [-0.1, -0.05) is 30.3 Å². The number of benzene rings is 2. The zero-order valence-corrected chi connectivity index (χ0v) is 14.3. The Morgan fingerprint density at radius 2 is 1.81 bits per heavy atom. The van der Waals surface area contributed by atoms with Crippen LogP contribution in [0, 0.1) is 6.92 Å². The van der Waals surface area contributed by atoms with E-state index in [1.165, 1.54) is 5.56 Å². The Morgan fingerprint density at radius 1 is 0.962 bits per heavy atom. The molecule has 1 aliphatic heterocycles. The van der Waals surface area contributed by atoms with E-state index in [9.17, 15) is 0 Å². The molecule has 1 N–H and O–H groups in total. The Morgan fingerprint density at radius 3 is 2.69 bits per heavy atom. The van der Waals surface area contributed by atoms with E-state index in [4.69, 9.17) is 14.5 Å². The van der Waals surface area contributed by atoms with Crippen LogP contribution in [0.1, 0.15) is 5.56 Å². The van der Waals surface area contributed by atoms with Crippen molar-refractivity contribution < 1.29 is 9.47 Å². The fourth-order valence-electron chi connectivity index (χ4n) is 3.17. The maximum atomic E-state index is 5.49. The molecule has 0 saturated carbocycles. The minimum Gasteiger partial charge on any atom is -0.454 e. The van der Waals surface area contributed by atoms with E-state index in [0.29, 0.717) is 0 Å². The molecule has 0 spiro atoms. The summed E-state index contributed by atoms with van der Waals surface area (Å²) in [5.41, 5.74) is 4.99. The Hall–Kier alpha value is -3.47. The fourth-order valence-corrected chi connectivity index (χ4v) is 3.17. The van der Waals surface area contributed by atoms with Crippen molar-refractivity contribution in [3.8, 4) is 22.8 Å². The van der Waals surface area contributed by atoms with Gasteiger partial charge in [0.1, 0.15) is 17.2 Å². The summed E-state index contributed by atoms with van der Waals surface area (Å²) in [6.45, 7) is 2.34. The molecule has 1 aliphatic rings. The third kappa shape index (κ3) is 2.45. The molecule has 4 aromatic rings. The second kappa shape index (κ2) is 5.81. The van der Waals surface area contributed by atoms with Crippen molar-refractivity contribution in [2.75, 3.05) is 12.1 Å². The molecule has 0 fully saturated rings. The van der Waals surface area contributed by atoms with Gasteiger partial charge in [-0.15, -0.1) is 0 Å². The van der Waals surface area contributed by atoms with Crippen LogP contribution in [0.2, 0.25) is 0 Å². The Kier molecular flexibility index (Phi) is 3.31. The lowest BCUT2D eigenvalue weighted by Gasteiger charge is -2.10. The van der Waals surface area contributed by atoms with Gasteiger partial charge in [-0.25, -0.2) is 4.98 Å². The van der Waals surface area contributed by atoms with Gasteiger partial charge in [0.2, 0.25) is 6.79 Å². The predicted molar refractivity (Wildman–Crippen MR) is 101 cm³/mol. The normalized spacial score (nSPS) is 12.5. The third-order valence-electron chi connectivity index (χ3n) is 4.46. The van der Waals surface area contributed by atoms with Crippen LogP contribution >= 0.6 is 0 Å². The number of pyridine rings is 1. The summed E-state index contributed by atoms with van der Waals surface area (Å²) < 4.78 is 13.0. The molecule has 0 amide bonds. The van der Waals surface area contributed by atoms with Crippen LogP contribution in [0.4, 0.5) is 11.5 Å². The van der Waals surface area contributed by atoms with E-state index in [2.05, 4.69) is 40.9 Å². The standard InChI is InChI=1S/C21H17N3O2/c1-14-9-10-24-19(11-14)23-20(15-5-3-2-4-6-15)21(24)22-16-7-8-17-18(12-16)26-13-25-17/h2-12,22H,13H2,1H3. The Bertz CT molecular complexity index is 1100. The van der Waals surface area contributed by atoms with Crippen molar-refractivity contribution in [3.05, 3.63) is 72.4 Å². The molecule has 0 atom stereocenters. The molecule has 26 heavy (non-hydrogen) atoms. The van der Waals surface area contributed by atoms with Crippen molar-refractivity contribution >= 4 is 17.2 Å². The second-order valence-corrected chi connectivity index (χ2v) is 6.30. The first-order valence-electron chi connectivity index (χ1n) is 8.49. The third-order valence-corrected chi connectivity index (χ3v) is 4.46. The topological polar surface area (TPSA) is 47.8 Å². The number of nitrogens with zero attached hydrogens (tertiary/aromatic N) is 2. The summed E-state index contributed by atoms with van der Waals surface area (Å²) in [4.78, 5) is 4.86. The van der Waals surface area contributed by atoms with Crippen molar-refractivity contribution in [2.24, 2.45) is 0 Å². The van der Waals surface area contributed by atoms with Crippen LogP contribution < -0.4 is 14.8 Å². The molecule has 0 unspecified atom stereocenters. The zero-order chi connectivity index (χ0) is 17.5. The average molecular weight is 343 g/mol. The molecule has 0 saturated heterocycles. The lowest BCUT2D eigenvalue weighted by molar-refractivity contribution is 0.174. The monoisotopic (exact) mass is 343 g/mol. The van der Waals surface area contributed by atoms with Crippen LogP contribution in [0.5, 0.6) is 11.5 Å². The number of nitrogens with one attached hydrogen (secondary N) is 1. The molecule has 3 heterocycles. The number of imidazole rings is 1. The van der Waals surface area contributed by atoms with Crippen LogP contribution in [0.3, 0.4) is 0 Å². The minimum absolute atomic E-state index is 0.267. The Balaban J connectivity index is 1.65. The van der Waals surface area contributed by atoms with Crippen LogP contribution in [0.15, 0.2) is 66.9 Å². The lowest BCUT2D eigenvalue weighted by atomic mass is 10.1. The summed E-state index contributed by atoms with van der Waals surface area (Å²) in [5.74, 6) is 2.44. The molecule has 128 valence electrons. The first-order valence-corrected chi connectivity index (χ1v) is 8.49. The summed E-state index contributed by atoms with van der Waals surface area (Å²) in [6.07, 6.45) is 2.04. The van der Waals surface area contributed by atoms with E-state index >= 15 is 0 Å². The van der Waals surface area contributed by atoms with Gasteiger partial charge in [0.05, 0.1) is 0 Å². The zero-order valence-electron chi connectivity index (χ0n) is 14.3. The first-order chi connectivity index (χ1) is 12.8. The van der Waals surface area contributed by atoms with E-state index in [0.717, 1.165) is 39.9 Å². The number of hydrogen-bond acceptors (Lipinski definition) is 4. The number of aromatic nitrogens is 2. The lowest BCUT2D eigenvalue weighted by Crippen LogP contribution is -1.97. The molecule has 0 aliphatic carbocycles. The molecule has 5 rings (SSSR count). The first kappa shape index (κ1) is 14.8. The average Bonchev–Trinajstić information content (AvgIpc) is 3.26. The van der Waals surface area contributed by atoms with Gasteiger partial charge in [-0.3, -0.25) is 4.40 Å². The quantitative estimate of drug-likeness (QED) is 0.581. The van der Waals surface area contributed by atoms with Crippen molar-refractivity contribution in [3.63, 3.8) is 0 Å². The summed E-state index contributed by atoms with van der Waals surface area (Å²) in [6, 6.07) is 20.2. The summed E-state index contributed by atoms with van der Waals surface area (Å²) in [7, 11) is 0. The van der Waals surface area contributed by atoms with Crippen LogP contribution in [-0.2, 0) is 0 Å². The van der Waals surface area contributed by atoms with Crippen molar-refractivity contribution in [1.82, 2.24) is 9.38 Å². The predicted octanol–water partition coefficient (Wildman–Crippen LogP) is 4.78. The van der Waals surface area contributed by atoms with Crippen LogP contribution in [0.25, 0.3) is 16.9 Å². The minimum atomic E-state index is 0.267. The van der Waals surface area contributed by atoms with Gasteiger partial charge in [-0.2, -0.15) is 0 Å². The second-order valence-electron chi connectivity index (χ2n) is 6.30. The molecule has 5 heteroatoms. The highest BCUT2D eigenvalue weighted by atomic mass is 16.7. The van der Waals surface area contributed by atoms with E-state index in [1.54, 1.807) is 0 Å². The molecule has 5 nitrogen and oxygen atoms in total. The van der Waals surface area contributed by atoms with Gasteiger partial charge < -0.3 is 14.8 Å². The largest absolute Gasteiger partial charge is 0.454 e. The smallest absolute Gasteiger partial charge is 0.231 e. The number of hydrogen-bond donors (Lipinski definition) is 1. The van der Waals surface area contributed by atoms with E-state index in [-0.39, 0.29) is 6.79 Å². The molecule has 0 radical (unpaired) electrons. The SMILES string of the molecule is Cc1ccn2c(Nc3ccc4c(c3)OCO4)c(-c3ccccc3)nc2c1. The van der Waals surface area contributed by atoms with E-state index in [1.807, 2.05) is 42.6 Å². The van der Waals surface area contributed by atoms with Crippen molar-refractivity contribution in [1.29, 1.82) is 0 Å². The highest BCUT2D eigenvalue weighted by molar-refractivity contribution is 5.80. The number of anilines is 2. The molecular formula is C21H17N3O2. The molecule has 2 aromatic heterocycles. The molecule has 2 aromatic carbocycles. The van der Waals surface area contributed by atoms with Gasteiger partial charge in [0, 0.05) is 23.5 Å². The van der Waals surface area contributed by atoms with E-state index < -0.39 is 0 Å². The number of rotatable bonds is 3. The van der Waals surface area contributed by atoms with Crippen LogP contribution in [-0.4, -0.2) is 16.2 Å².